The van der Waals surface area contributed by atoms with Crippen LogP contribution in [0, 0.1) is 0 Å². The molecule has 0 aromatic carbocycles. The normalized spacial score (nSPS) is 23.8. The molecule has 0 bridgehead atoms. The van der Waals surface area contributed by atoms with Crippen molar-refractivity contribution in [2.45, 2.75) is 25.7 Å². The van der Waals surface area contributed by atoms with Crippen LogP contribution in [0.15, 0.2) is 12.4 Å². The van der Waals surface area contributed by atoms with E-state index in [1.807, 2.05) is 6.92 Å². The summed E-state index contributed by atoms with van der Waals surface area (Å²) in [7, 11) is 0. The fourth-order valence-corrected chi connectivity index (χ4v) is 2.11. The number of hydrogen-bond donors (Lipinski definition) is 2. The van der Waals surface area contributed by atoms with Crippen molar-refractivity contribution in [1.82, 2.24) is 14.7 Å². The third-order valence-corrected chi connectivity index (χ3v) is 2.85. The second-order valence-corrected chi connectivity index (χ2v) is 4.59. The smallest absolute Gasteiger partial charge is 0.0862 e. The monoisotopic (exact) mass is 240 g/mol. The van der Waals surface area contributed by atoms with Crippen LogP contribution in [0.25, 0.3) is 0 Å². The van der Waals surface area contributed by atoms with Gasteiger partial charge in [0.25, 0.3) is 0 Å². The van der Waals surface area contributed by atoms with Gasteiger partial charge in [0.1, 0.15) is 0 Å². The summed E-state index contributed by atoms with van der Waals surface area (Å²) < 4.78 is 7.12. The number of anilines is 1. The van der Waals surface area contributed by atoms with Gasteiger partial charge in [-0.15, -0.1) is 0 Å². The SMILES string of the molecule is CC1CN(CC(O)Cn2cc(N)cn2)CCO1. The summed E-state index contributed by atoms with van der Waals surface area (Å²) in [6, 6.07) is 0. The molecule has 17 heavy (non-hydrogen) atoms. The molecule has 1 aliphatic rings. The van der Waals surface area contributed by atoms with Crippen LogP contribution in [-0.2, 0) is 11.3 Å². The van der Waals surface area contributed by atoms with Crippen molar-refractivity contribution < 1.29 is 9.84 Å². The van der Waals surface area contributed by atoms with Gasteiger partial charge in [-0.05, 0) is 6.92 Å². The third kappa shape index (κ3) is 3.69. The molecule has 0 radical (unpaired) electrons. The van der Waals surface area contributed by atoms with E-state index < -0.39 is 6.10 Å². The lowest BCUT2D eigenvalue weighted by Crippen LogP contribution is -2.45. The average Bonchev–Trinajstić information content (AvgIpc) is 2.63. The molecule has 0 aliphatic carbocycles. The quantitative estimate of drug-likeness (QED) is 0.745. The van der Waals surface area contributed by atoms with Gasteiger partial charge in [-0.25, -0.2) is 0 Å². The molecule has 2 heterocycles. The maximum absolute atomic E-state index is 9.97. The van der Waals surface area contributed by atoms with Gasteiger partial charge in [0.15, 0.2) is 0 Å². The first kappa shape index (κ1) is 12.3. The first-order chi connectivity index (χ1) is 8.13. The molecule has 2 atom stereocenters. The predicted molar refractivity (Wildman–Crippen MR) is 64.5 cm³/mol. The molecule has 1 aromatic heterocycles. The number of nitrogens with two attached hydrogens (primary N) is 1. The van der Waals surface area contributed by atoms with E-state index in [9.17, 15) is 5.11 Å². The molecular weight excluding hydrogens is 220 g/mol. The maximum Gasteiger partial charge on any atom is 0.0862 e. The van der Waals surface area contributed by atoms with E-state index in [1.54, 1.807) is 17.1 Å². The molecule has 3 N–H and O–H groups in total. The van der Waals surface area contributed by atoms with Crippen molar-refractivity contribution in [2.75, 3.05) is 32.0 Å². The van der Waals surface area contributed by atoms with Crippen LogP contribution in [0.5, 0.6) is 0 Å². The Morgan fingerprint density at radius 1 is 1.65 bits per heavy atom. The van der Waals surface area contributed by atoms with Gasteiger partial charge in [-0.1, -0.05) is 0 Å². The molecule has 96 valence electrons. The average molecular weight is 240 g/mol. The van der Waals surface area contributed by atoms with E-state index in [4.69, 9.17) is 10.5 Å². The lowest BCUT2D eigenvalue weighted by Gasteiger charge is -2.32. The number of rotatable bonds is 4. The standard InChI is InChI=1S/C11H20N4O2/c1-9-5-14(2-3-17-9)7-11(16)8-15-6-10(12)4-13-15/h4,6,9,11,16H,2-3,5,7-8,12H2,1H3. The molecule has 0 amide bonds. The topological polar surface area (TPSA) is 76.5 Å². The first-order valence-corrected chi connectivity index (χ1v) is 5.93. The predicted octanol–water partition coefficient (Wildman–Crippen LogP) is -0.453. The highest BCUT2D eigenvalue weighted by molar-refractivity contribution is 5.30. The van der Waals surface area contributed by atoms with Gasteiger partial charge in [0.05, 0.1) is 37.2 Å². The minimum atomic E-state index is -0.431. The lowest BCUT2D eigenvalue weighted by molar-refractivity contribution is -0.0334. The third-order valence-electron chi connectivity index (χ3n) is 2.85. The van der Waals surface area contributed by atoms with Crippen molar-refractivity contribution in [3.63, 3.8) is 0 Å². The number of aliphatic hydroxyl groups is 1. The molecule has 1 fully saturated rings. The summed E-state index contributed by atoms with van der Waals surface area (Å²) in [4.78, 5) is 2.21. The van der Waals surface area contributed by atoms with Crippen LogP contribution >= 0.6 is 0 Å². The van der Waals surface area contributed by atoms with Crippen molar-refractivity contribution in [3.05, 3.63) is 12.4 Å². The number of aliphatic hydroxyl groups excluding tert-OH is 1. The number of aromatic nitrogens is 2. The van der Waals surface area contributed by atoms with Crippen LogP contribution in [0.1, 0.15) is 6.92 Å². The lowest BCUT2D eigenvalue weighted by atomic mass is 10.2. The molecule has 0 spiro atoms. The van der Waals surface area contributed by atoms with Crippen molar-refractivity contribution in [1.29, 1.82) is 0 Å². The highest BCUT2D eigenvalue weighted by atomic mass is 16.5. The number of ether oxygens (including phenoxy) is 1. The van der Waals surface area contributed by atoms with Crippen molar-refractivity contribution >= 4 is 5.69 Å². The molecule has 0 saturated carbocycles. The van der Waals surface area contributed by atoms with Crippen LogP contribution in [0.2, 0.25) is 0 Å². The van der Waals surface area contributed by atoms with Crippen molar-refractivity contribution in [2.24, 2.45) is 0 Å². The Labute approximate surface area is 101 Å². The Morgan fingerprint density at radius 2 is 2.47 bits per heavy atom. The van der Waals surface area contributed by atoms with Gasteiger partial charge in [-0.2, -0.15) is 5.10 Å². The van der Waals surface area contributed by atoms with Crippen molar-refractivity contribution in [3.8, 4) is 0 Å². The summed E-state index contributed by atoms with van der Waals surface area (Å²) in [5.74, 6) is 0. The minimum absolute atomic E-state index is 0.247. The van der Waals surface area contributed by atoms with E-state index in [1.165, 1.54) is 0 Å². The Hall–Kier alpha value is -1.11. The van der Waals surface area contributed by atoms with Gasteiger partial charge in [0.2, 0.25) is 0 Å². The number of nitrogen functional groups attached to an aromatic ring is 1. The fourth-order valence-electron chi connectivity index (χ4n) is 2.11. The zero-order chi connectivity index (χ0) is 12.3. The molecule has 2 rings (SSSR count). The Bertz CT molecular complexity index is 355. The van der Waals surface area contributed by atoms with Crippen LogP contribution < -0.4 is 5.73 Å². The molecule has 6 nitrogen and oxygen atoms in total. The summed E-state index contributed by atoms with van der Waals surface area (Å²) >= 11 is 0. The second kappa shape index (κ2) is 5.48. The molecule has 1 saturated heterocycles. The molecule has 6 heteroatoms. The largest absolute Gasteiger partial charge is 0.396 e. The van der Waals surface area contributed by atoms with Crippen LogP contribution in [0.3, 0.4) is 0 Å². The van der Waals surface area contributed by atoms with E-state index >= 15 is 0 Å². The van der Waals surface area contributed by atoms with E-state index in [0.29, 0.717) is 18.8 Å². The minimum Gasteiger partial charge on any atom is -0.396 e. The highest BCUT2D eigenvalue weighted by Gasteiger charge is 2.19. The summed E-state index contributed by atoms with van der Waals surface area (Å²) in [5.41, 5.74) is 6.19. The number of morpholine rings is 1. The molecule has 1 aliphatic heterocycles. The Kier molecular flexibility index (Phi) is 3.98. The number of hydrogen-bond acceptors (Lipinski definition) is 5. The van der Waals surface area contributed by atoms with Gasteiger partial charge < -0.3 is 15.6 Å². The number of β-amino-alcohol motifs (C(OH)–C–C–N with tert-alkyl or cyclic N) is 1. The molecule has 1 aromatic rings. The van der Waals surface area contributed by atoms with E-state index in [-0.39, 0.29) is 6.10 Å². The van der Waals surface area contributed by atoms with E-state index in [2.05, 4.69) is 10.00 Å². The highest BCUT2D eigenvalue weighted by Crippen LogP contribution is 2.06. The molecular formula is C11H20N4O2. The zero-order valence-electron chi connectivity index (χ0n) is 10.1. The Morgan fingerprint density at radius 3 is 3.12 bits per heavy atom. The van der Waals surface area contributed by atoms with Gasteiger partial charge >= 0.3 is 0 Å². The maximum atomic E-state index is 9.97. The van der Waals surface area contributed by atoms with Crippen LogP contribution in [-0.4, -0.2) is 58.2 Å². The summed E-state index contributed by atoms with van der Waals surface area (Å²) in [6.45, 7) is 5.66. The number of nitrogens with zero attached hydrogens (tertiary/aromatic N) is 3. The van der Waals surface area contributed by atoms with Crippen LogP contribution in [0.4, 0.5) is 5.69 Å². The summed E-state index contributed by atoms with van der Waals surface area (Å²) in [6.07, 6.45) is 3.13. The Balaban J connectivity index is 1.78. The van der Waals surface area contributed by atoms with Gasteiger partial charge in [0, 0.05) is 25.8 Å². The first-order valence-electron chi connectivity index (χ1n) is 5.93. The molecule has 2 unspecified atom stereocenters. The van der Waals surface area contributed by atoms with E-state index in [0.717, 1.165) is 19.7 Å². The summed E-state index contributed by atoms with van der Waals surface area (Å²) in [5, 5.41) is 14.0. The van der Waals surface area contributed by atoms with Gasteiger partial charge in [-0.3, -0.25) is 9.58 Å². The fraction of sp³-hybridized carbons (Fsp3) is 0.727. The zero-order valence-corrected chi connectivity index (χ0v) is 10.1. The second-order valence-electron chi connectivity index (χ2n) is 4.59.